The number of allylic oxidation sites excluding steroid dienone is 16. The normalized spacial score (nSPS) is 14.3. The van der Waals surface area contributed by atoms with Crippen molar-refractivity contribution in [3.05, 3.63) is 97.2 Å². The van der Waals surface area contributed by atoms with Crippen molar-refractivity contribution in [2.75, 3.05) is 54.1 Å². The highest BCUT2D eigenvalue weighted by molar-refractivity contribution is 7.45. The van der Waals surface area contributed by atoms with Crippen LogP contribution in [0.5, 0.6) is 0 Å². The summed E-state index contributed by atoms with van der Waals surface area (Å²) in [7, 11) is 1.32. The van der Waals surface area contributed by atoms with Crippen LogP contribution < -0.4 is 4.89 Å². The lowest BCUT2D eigenvalue weighted by Crippen LogP contribution is -2.37. The Morgan fingerprint density at radius 2 is 0.866 bits per heavy atom. The van der Waals surface area contributed by atoms with Crippen LogP contribution in [-0.2, 0) is 27.9 Å². The molecular formula is C58H102NO7P. The van der Waals surface area contributed by atoms with Gasteiger partial charge in [0.2, 0.25) is 0 Å². The summed E-state index contributed by atoms with van der Waals surface area (Å²) in [4.78, 5) is 25.2. The number of quaternary nitrogens is 1. The van der Waals surface area contributed by atoms with Crippen molar-refractivity contribution in [1.29, 1.82) is 0 Å². The zero-order valence-electron chi connectivity index (χ0n) is 43.8. The van der Waals surface area contributed by atoms with Crippen LogP contribution in [0, 0.1) is 0 Å². The lowest BCUT2D eigenvalue weighted by atomic mass is 10.1. The van der Waals surface area contributed by atoms with Gasteiger partial charge in [-0.05, 0) is 96.3 Å². The van der Waals surface area contributed by atoms with Gasteiger partial charge in [0.25, 0.3) is 7.82 Å². The average Bonchev–Trinajstić information content (AvgIpc) is 3.29. The summed E-state index contributed by atoms with van der Waals surface area (Å²) in [6.45, 7) is 5.23. The maximum Gasteiger partial charge on any atom is 0.306 e. The Morgan fingerprint density at radius 1 is 0.478 bits per heavy atom. The molecule has 67 heavy (non-hydrogen) atoms. The third-order valence-electron chi connectivity index (χ3n) is 11.1. The average molecular weight is 956 g/mol. The van der Waals surface area contributed by atoms with Gasteiger partial charge in [-0.1, -0.05) is 201 Å². The van der Waals surface area contributed by atoms with Crippen LogP contribution in [0.1, 0.15) is 206 Å². The van der Waals surface area contributed by atoms with E-state index >= 15 is 0 Å². The highest BCUT2D eigenvalue weighted by Gasteiger charge is 2.20. The molecule has 0 aliphatic rings. The third-order valence-corrected chi connectivity index (χ3v) is 12.1. The number of rotatable bonds is 49. The fourth-order valence-electron chi connectivity index (χ4n) is 6.99. The monoisotopic (exact) mass is 956 g/mol. The predicted octanol–water partition coefficient (Wildman–Crippen LogP) is 16.3. The SMILES string of the molecule is CC/C=C\C/C=C\C/C=C\C/C=C\C/C=C\CCCCCC(=O)OC(COCCCCCCCCCCCCC/C=C\C/C=C\C/C=C\CCCCCCC)COP(=O)([O-])OCC[N+](C)(C)C. The van der Waals surface area contributed by atoms with Gasteiger partial charge in [-0.25, -0.2) is 0 Å². The summed E-state index contributed by atoms with van der Waals surface area (Å²) in [6, 6.07) is 0. The molecule has 0 rings (SSSR count). The van der Waals surface area contributed by atoms with Crippen LogP contribution in [0.15, 0.2) is 97.2 Å². The topological polar surface area (TPSA) is 94.1 Å². The van der Waals surface area contributed by atoms with E-state index in [1.165, 1.54) is 103 Å². The van der Waals surface area contributed by atoms with Crippen LogP contribution in [0.2, 0.25) is 0 Å². The molecule has 0 saturated carbocycles. The summed E-state index contributed by atoms with van der Waals surface area (Å²) in [5.41, 5.74) is 0. The van der Waals surface area contributed by atoms with E-state index in [2.05, 4.69) is 111 Å². The first kappa shape index (κ1) is 64.4. The highest BCUT2D eigenvalue weighted by Crippen LogP contribution is 2.38. The molecule has 9 heteroatoms. The second-order valence-corrected chi connectivity index (χ2v) is 20.3. The Bertz CT molecular complexity index is 1390. The number of unbranched alkanes of at least 4 members (excludes halogenated alkanes) is 19. The molecule has 0 spiro atoms. The molecule has 0 amide bonds. The highest BCUT2D eigenvalue weighted by atomic mass is 31.2. The molecule has 0 aliphatic heterocycles. The minimum absolute atomic E-state index is 0.0136. The van der Waals surface area contributed by atoms with Gasteiger partial charge in [0.1, 0.15) is 19.3 Å². The fourth-order valence-corrected chi connectivity index (χ4v) is 7.72. The number of phosphoric ester groups is 1. The van der Waals surface area contributed by atoms with Crippen molar-refractivity contribution < 1.29 is 37.3 Å². The molecule has 0 radical (unpaired) electrons. The first-order valence-electron chi connectivity index (χ1n) is 27.0. The maximum absolute atomic E-state index is 12.7. The summed E-state index contributed by atoms with van der Waals surface area (Å²) in [5, 5.41) is 0. The molecule has 386 valence electrons. The molecule has 0 heterocycles. The molecule has 8 nitrogen and oxygen atoms in total. The van der Waals surface area contributed by atoms with Gasteiger partial charge in [-0.15, -0.1) is 0 Å². The number of hydrogen-bond donors (Lipinski definition) is 0. The van der Waals surface area contributed by atoms with E-state index in [4.69, 9.17) is 18.5 Å². The van der Waals surface area contributed by atoms with Gasteiger partial charge >= 0.3 is 5.97 Å². The van der Waals surface area contributed by atoms with E-state index in [0.717, 1.165) is 77.0 Å². The lowest BCUT2D eigenvalue weighted by Gasteiger charge is -2.28. The number of nitrogens with zero attached hydrogens (tertiary/aromatic N) is 1. The van der Waals surface area contributed by atoms with Crippen molar-refractivity contribution in [2.24, 2.45) is 0 Å². The summed E-state index contributed by atoms with van der Waals surface area (Å²) in [5.74, 6) is -0.368. The molecule has 0 saturated heterocycles. The number of ether oxygens (including phenoxy) is 2. The molecule has 0 bridgehead atoms. The lowest BCUT2D eigenvalue weighted by molar-refractivity contribution is -0.870. The first-order valence-corrected chi connectivity index (χ1v) is 28.4. The van der Waals surface area contributed by atoms with Crippen LogP contribution in [-0.4, -0.2) is 70.7 Å². The zero-order valence-corrected chi connectivity index (χ0v) is 44.7. The summed E-state index contributed by atoms with van der Waals surface area (Å²) >= 11 is 0. The van der Waals surface area contributed by atoms with Crippen LogP contribution in [0.3, 0.4) is 0 Å². The number of likely N-dealkylation sites (N-methyl/N-ethyl adjacent to an activating group) is 1. The number of hydrogen-bond acceptors (Lipinski definition) is 7. The molecule has 0 N–H and O–H groups in total. The first-order chi connectivity index (χ1) is 32.6. The maximum atomic E-state index is 12.7. The Hall–Kier alpha value is -2.58. The number of phosphoric acid groups is 1. The smallest absolute Gasteiger partial charge is 0.306 e. The quantitative estimate of drug-likeness (QED) is 0.0197. The second-order valence-electron chi connectivity index (χ2n) is 18.9. The van der Waals surface area contributed by atoms with E-state index in [9.17, 15) is 14.3 Å². The molecule has 0 aromatic heterocycles. The molecule has 0 aromatic carbocycles. The molecule has 0 aliphatic carbocycles. The minimum Gasteiger partial charge on any atom is -0.756 e. The number of carbonyl (C=O) groups excluding carboxylic acids is 1. The second kappa shape index (κ2) is 49.8. The zero-order chi connectivity index (χ0) is 49.0. The molecule has 0 aromatic rings. The minimum atomic E-state index is -4.55. The number of carbonyl (C=O) groups is 1. The van der Waals surface area contributed by atoms with Crippen LogP contribution >= 0.6 is 7.82 Å². The molecular weight excluding hydrogens is 854 g/mol. The van der Waals surface area contributed by atoms with E-state index in [-0.39, 0.29) is 32.2 Å². The molecule has 2 atom stereocenters. The van der Waals surface area contributed by atoms with Gasteiger partial charge in [-0.3, -0.25) is 9.36 Å². The molecule has 2 unspecified atom stereocenters. The van der Waals surface area contributed by atoms with Gasteiger partial charge in [0, 0.05) is 13.0 Å². The third kappa shape index (κ3) is 54.2. The van der Waals surface area contributed by atoms with Gasteiger partial charge in [-0.2, -0.15) is 0 Å². The summed E-state index contributed by atoms with van der Waals surface area (Å²) < 4.78 is 34.7. The van der Waals surface area contributed by atoms with Crippen molar-refractivity contribution in [2.45, 2.75) is 213 Å². The van der Waals surface area contributed by atoms with Crippen molar-refractivity contribution >= 4 is 13.8 Å². The number of esters is 1. The van der Waals surface area contributed by atoms with E-state index in [1.54, 1.807) is 0 Å². The Balaban J connectivity index is 4.18. The largest absolute Gasteiger partial charge is 0.756 e. The van der Waals surface area contributed by atoms with Gasteiger partial charge in [0.15, 0.2) is 0 Å². The van der Waals surface area contributed by atoms with E-state index in [1.807, 2.05) is 21.1 Å². The van der Waals surface area contributed by atoms with Crippen molar-refractivity contribution in [3.8, 4) is 0 Å². The van der Waals surface area contributed by atoms with Crippen LogP contribution in [0.4, 0.5) is 0 Å². The van der Waals surface area contributed by atoms with Crippen molar-refractivity contribution in [3.63, 3.8) is 0 Å². The van der Waals surface area contributed by atoms with Gasteiger partial charge in [0.05, 0.1) is 34.4 Å². The predicted molar refractivity (Wildman–Crippen MR) is 286 cm³/mol. The fraction of sp³-hybridized carbons (Fsp3) is 0.707. The Labute approximate surface area is 413 Å². The Morgan fingerprint density at radius 3 is 1.30 bits per heavy atom. The summed E-state index contributed by atoms with van der Waals surface area (Å²) in [6.07, 6.45) is 68.7. The van der Waals surface area contributed by atoms with E-state index in [0.29, 0.717) is 24.1 Å². The molecule has 0 fully saturated rings. The van der Waals surface area contributed by atoms with Crippen LogP contribution in [0.25, 0.3) is 0 Å². The van der Waals surface area contributed by atoms with Gasteiger partial charge < -0.3 is 27.9 Å². The Kier molecular flexibility index (Phi) is 47.9. The van der Waals surface area contributed by atoms with Crippen molar-refractivity contribution in [1.82, 2.24) is 0 Å². The van der Waals surface area contributed by atoms with E-state index < -0.39 is 13.9 Å². The standard InChI is InChI=1S/C58H102NO7P/c1-6-8-10-12-14-16-18-20-22-24-26-27-28-29-30-31-32-34-36-38-40-42-44-46-48-50-53-63-55-57(56-65-67(61,62)64-54-52-59(3,4)5)66-58(60)51-49-47-45-43-41-39-37-35-33-25-23-21-19-17-15-13-11-9-7-2/h9,11,15,17-18,20-21,23-24,26,28-29,33,35,39,41,57H,6-8,10,12-14,16,19,22,25,27,30-32,34,36-38,40,42-56H2,1-5H3/b11-9-,17-15-,20-18-,23-21-,26-24-,29-28-,35-33-,41-39-.